The first-order valence-electron chi connectivity index (χ1n) is 8.50. The van der Waals surface area contributed by atoms with E-state index in [1.165, 1.54) is 4.90 Å². The van der Waals surface area contributed by atoms with Crippen LogP contribution in [0.1, 0.15) is 43.6 Å². The van der Waals surface area contributed by atoms with E-state index in [0.29, 0.717) is 17.6 Å². The third-order valence-electron chi connectivity index (χ3n) is 5.00. The smallest absolute Gasteiger partial charge is 0.462 e. The fourth-order valence-electron chi connectivity index (χ4n) is 2.75. The van der Waals surface area contributed by atoms with Crippen LogP contribution in [-0.2, 0) is 15.6 Å². The molecule has 2 rings (SSSR count). The molecule has 0 spiro atoms. The van der Waals surface area contributed by atoms with Crippen LogP contribution in [0.2, 0.25) is 0 Å². The van der Waals surface area contributed by atoms with Crippen molar-refractivity contribution in [3.8, 4) is 5.75 Å². The minimum Gasteiger partial charge on any atom is -0.496 e. The number of methoxy groups -OCH3 is 1. The van der Waals surface area contributed by atoms with Gasteiger partial charge in [-0.05, 0) is 45.4 Å². The molecule has 0 saturated carbocycles. The van der Waals surface area contributed by atoms with Gasteiger partial charge in [0.2, 0.25) is 0 Å². The number of aliphatic hydroxyl groups excluding tert-OH is 1. The summed E-state index contributed by atoms with van der Waals surface area (Å²) in [6.07, 6.45) is 0.539. The average molecular weight is 349 g/mol. The van der Waals surface area contributed by atoms with E-state index in [4.69, 9.17) is 19.2 Å². The third-order valence-corrected chi connectivity index (χ3v) is 5.00. The lowest BCUT2D eigenvalue weighted by molar-refractivity contribution is 0.00578. The van der Waals surface area contributed by atoms with Crippen LogP contribution in [0.5, 0.6) is 5.75 Å². The summed E-state index contributed by atoms with van der Waals surface area (Å²) in [5.41, 5.74) is 0.676. The number of ether oxygens (including phenoxy) is 1. The largest absolute Gasteiger partial charge is 0.496 e. The maximum absolute atomic E-state index is 12.3. The predicted octanol–water partition coefficient (Wildman–Crippen LogP) is 1.93. The van der Waals surface area contributed by atoms with E-state index in [1.54, 1.807) is 26.3 Å². The molecule has 0 aliphatic carbocycles. The van der Waals surface area contributed by atoms with E-state index in [-0.39, 0.29) is 37.4 Å². The fourth-order valence-corrected chi connectivity index (χ4v) is 2.75. The molecule has 0 radical (unpaired) electrons. The fraction of sp³-hybridized carbons (Fsp3) is 0.611. The topological polar surface area (TPSA) is 68.2 Å². The van der Waals surface area contributed by atoms with Crippen molar-refractivity contribution < 1.29 is 23.9 Å². The number of hydrogen-bond donors (Lipinski definition) is 1. The molecule has 138 valence electrons. The molecule has 1 heterocycles. The Bertz CT molecular complexity index is 616. The molecule has 0 aromatic heterocycles. The highest BCUT2D eigenvalue weighted by Gasteiger charge is 2.50. The van der Waals surface area contributed by atoms with Gasteiger partial charge in [0.15, 0.2) is 0 Å². The van der Waals surface area contributed by atoms with Gasteiger partial charge in [0, 0.05) is 25.5 Å². The first kappa shape index (κ1) is 19.8. The molecule has 25 heavy (non-hydrogen) atoms. The molecule has 1 aliphatic rings. The number of benzene rings is 1. The maximum atomic E-state index is 12.3. The molecular weight excluding hydrogens is 321 g/mol. The van der Waals surface area contributed by atoms with Crippen molar-refractivity contribution in [2.75, 3.05) is 27.3 Å². The molecule has 1 fully saturated rings. The van der Waals surface area contributed by atoms with E-state index in [2.05, 4.69) is 0 Å². The number of rotatable bonds is 6. The Morgan fingerprint density at radius 2 is 1.84 bits per heavy atom. The first-order chi connectivity index (χ1) is 11.6. The zero-order chi connectivity index (χ0) is 18.8. The molecule has 1 aliphatic heterocycles. The monoisotopic (exact) mass is 349 g/mol. The van der Waals surface area contributed by atoms with Crippen molar-refractivity contribution in [1.29, 1.82) is 0 Å². The van der Waals surface area contributed by atoms with Crippen LogP contribution in [0.25, 0.3) is 0 Å². The predicted molar refractivity (Wildman–Crippen MR) is 96.8 cm³/mol. The Kier molecular flexibility index (Phi) is 5.81. The van der Waals surface area contributed by atoms with Crippen molar-refractivity contribution in [3.63, 3.8) is 0 Å². The van der Waals surface area contributed by atoms with Crippen LogP contribution in [0.4, 0.5) is 0 Å². The van der Waals surface area contributed by atoms with Crippen molar-refractivity contribution in [2.24, 2.45) is 0 Å². The zero-order valence-corrected chi connectivity index (χ0v) is 16.0. The number of aliphatic hydroxyl groups is 1. The zero-order valence-electron chi connectivity index (χ0n) is 16.0. The lowest BCUT2D eigenvalue weighted by Gasteiger charge is -2.32. The second kappa shape index (κ2) is 7.36. The van der Waals surface area contributed by atoms with Crippen LogP contribution >= 0.6 is 0 Å². The van der Waals surface area contributed by atoms with Gasteiger partial charge >= 0.3 is 7.12 Å². The highest BCUT2D eigenvalue weighted by molar-refractivity contribution is 6.45. The van der Waals surface area contributed by atoms with E-state index in [9.17, 15) is 4.79 Å². The maximum Gasteiger partial charge on any atom is 0.462 e. The minimum atomic E-state index is -0.381. The molecule has 1 saturated heterocycles. The van der Waals surface area contributed by atoms with Crippen molar-refractivity contribution in [1.82, 2.24) is 4.90 Å². The molecule has 1 amide bonds. The molecule has 7 heteroatoms. The van der Waals surface area contributed by atoms with Gasteiger partial charge in [-0.2, -0.15) is 0 Å². The first-order valence-corrected chi connectivity index (χ1v) is 8.50. The highest BCUT2D eigenvalue weighted by Crippen LogP contribution is 2.38. The summed E-state index contributed by atoms with van der Waals surface area (Å²) >= 11 is 0. The molecule has 0 unspecified atom stereocenters. The molecule has 1 N–H and O–H groups in total. The third kappa shape index (κ3) is 4.16. The summed E-state index contributed by atoms with van der Waals surface area (Å²) in [6, 6.07) is 5.35. The standard InChI is InChI=1S/C18H28BNO5/c1-17(2)18(3,4)25-19(24-17)12-14-8-7-13(11-15(14)23-6)16(22)20(5)9-10-21/h7-8,11,21H,9-10,12H2,1-6H3. The molecule has 0 atom stereocenters. The molecule has 6 nitrogen and oxygen atoms in total. The van der Waals surface area contributed by atoms with Gasteiger partial charge in [-0.3, -0.25) is 4.79 Å². The van der Waals surface area contributed by atoms with E-state index in [1.807, 2.05) is 33.8 Å². The summed E-state index contributed by atoms with van der Waals surface area (Å²) in [5, 5.41) is 8.97. The molecule has 1 aromatic carbocycles. The normalized spacial score (nSPS) is 18.3. The van der Waals surface area contributed by atoms with Gasteiger partial charge in [-0.25, -0.2) is 0 Å². The van der Waals surface area contributed by atoms with Gasteiger partial charge in [0.05, 0.1) is 24.9 Å². The van der Waals surface area contributed by atoms with Crippen LogP contribution in [0, 0.1) is 0 Å². The van der Waals surface area contributed by atoms with Crippen LogP contribution in [0.15, 0.2) is 18.2 Å². The highest BCUT2D eigenvalue weighted by atomic mass is 16.7. The van der Waals surface area contributed by atoms with Gasteiger partial charge in [0.1, 0.15) is 5.75 Å². The van der Waals surface area contributed by atoms with Crippen molar-refractivity contribution in [3.05, 3.63) is 29.3 Å². The Hall–Kier alpha value is -1.57. The Labute approximate surface area is 150 Å². The second-order valence-corrected chi connectivity index (χ2v) is 7.37. The van der Waals surface area contributed by atoms with Crippen LogP contribution in [0.3, 0.4) is 0 Å². The summed E-state index contributed by atoms with van der Waals surface area (Å²) < 4.78 is 17.5. The number of carbonyl (C=O) groups excluding carboxylic acids is 1. The molecule has 0 bridgehead atoms. The minimum absolute atomic E-state index is 0.0701. The van der Waals surface area contributed by atoms with Crippen LogP contribution in [-0.4, -0.2) is 61.5 Å². The summed E-state index contributed by atoms with van der Waals surface area (Å²) in [4.78, 5) is 13.8. The average Bonchev–Trinajstić information content (AvgIpc) is 2.74. The second-order valence-electron chi connectivity index (χ2n) is 7.37. The number of carbonyl (C=O) groups is 1. The number of amides is 1. The Balaban J connectivity index is 2.17. The number of hydrogen-bond acceptors (Lipinski definition) is 5. The van der Waals surface area contributed by atoms with E-state index >= 15 is 0 Å². The van der Waals surface area contributed by atoms with Crippen molar-refractivity contribution >= 4 is 13.0 Å². The Morgan fingerprint density at radius 3 is 2.36 bits per heavy atom. The summed E-state index contributed by atoms with van der Waals surface area (Å²) in [5.74, 6) is 0.465. The van der Waals surface area contributed by atoms with Gasteiger partial charge in [-0.15, -0.1) is 0 Å². The van der Waals surface area contributed by atoms with Gasteiger partial charge in [-0.1, -0.05) is 6.07 Å². The molecule has 1 aromatic rings. The van der Waals surface area contributed by atoms with Crippen LogP contribution < -0.4 is 4.74 Å². The van der Waals surface area contributed by atoms with Gasteiger partial charge in [0.25, 0.3) is 5.91 Å². The SMILES string of the molecule is COc1cc(C(=O)N(C)CCO)ccc1CB1OC(C)(C)C(C)(C)O1. The van der Waals surface area contributed by atoms with Crippen molar-refractivity contribution in [2.45, 2.75) is 45.2 Å². The van der Waals surface area contributed by atoms with Gasteiger partial charge < -0.3 is 24.1 Å². The number of likely N-dealkylation sites (N-methyl/N-ethyl adjacent to an activating group) is 1. The van der Waals surface area contributed by atoms with E-state index in [0.717, 1.165) is 5.56 Å². The number of nitrogens with zero attached hydrogens (tertiary/aromatic N) is 1. The quantitative estimate of drug-likeness (QED) is 0.795. The lowest BCUT2D eigenvalue weighted by atomic mass is 9.80. The molecular formula is C18H28BNO5. The summed E-state index contributed by atoms with van der Waals surface area (Å²) in [6.45, 7) is 8.29. The Morgan fingerprint density at radius 1 is 1.24 bits per heavy atom. The lowest BCUT2D eigenvalue weighted by Crippen LogP contribution is -2.41. The van der Waals surface area contributed by atoms with E-state index < -0.39 is 0 Å². The summed E-state index contributed by atoms with van der Waals surface area (Å²) in [7, 11) is 2.87.